The van der Waals surface area contributed by atoms with Crippen LogP contribution in [0.15, 0.2) is 0 Å². The second-order valence-corrected chi connectivity index (χ2v) is 1.63. The molecule has 0 saturated heterocycles. The highest BCUT2D eigenvalue weighted by Crippen LogP contribution is 1.84. The van der Waals surface area contributed by atoms with Crippen LogP contribution in [0.3, 0.4) is 0 Å². The maximum absolute atomic E-state index is 10.3. The first kappa shape index (κ1) is 7.19. The van der Waals surface area contributed by atoms with Gasteiger partial charge in [0.1, 0.15) is 5.78 Å². The Balaban J connectivity index is 3.52. The Labute approximate surface area is 49.1 Å². The van der Waals surface area contributed by atoms with Crippen molar-refractivity contribution in [2.75, 3.05) is 0 Å². The topological polar surface area (TPSA) is 43.1 Å². The summed E-state index contributed by atoms with van der Waals surface area (Å²) in [6, 6.07) is -0.458. The highest BCUT2D eigenvalue weighted by molar-refractivity contribution is 5.81. The number of Topliss-reactive ketones (excluding diaryl/α,β-unsaturated/α-hetero) is 1. The number of hydrogen-bond acceptors (Lipinski definition) is 2. The molecule has 0 radical (unpaired) electrons. The van der Waals surface area contributed by atoms with Crippen molar-refractivity contribution in [1.82, 2.24) is 0 Å². The zero-order valence-electron chi connectivity index (χ0n) is 4.85. The molecular formula is C6H9NO. The zero-order chi connectivity index (χ0) is 6.57. The van der Waals surface area contributed by atoms with E-state index in [4.69, 9.17) is 12.2 Å². The summed E-state index contributed by atoms with van der Waals surface area (Å²) >= 11 is 0. The third kappa shape index (κ3) is 2.38. The quantitative estimate of drug-likeness (QED) is 0.507. The van der Waals surface area contributed by atoms with Gasteiger partial charge in [-0.3, -0.25) is 4.79 Å². The number of carbonyl (C=O) groups is 1. The van der Waals surface area contributed by atoms with E-state index in [1.807, 2.05) is 0 Å². The summed E-state index contributed by atoms with van der Waals surface area (Å²) in [4.78, 5) is 10.3. The summed E-state index contributed by atoms with van der Waals surface area (Å²) in [7, 11) is 0. The van der Waals surface area contributed by atoms with Crippen LogP contribution in [0.1, 0.15) is 13.3 Å². The fourth-order valence-electron chi connectivity index (χ4n) is 0.271. The SMILES string of the molecule is C#CC[C@H](N)C(C)=O. The third-order valence-corrected chi connectivity index (χ3v) is 0.860. The molecule has 0 unspecified atom stereocenters. The van der Waals surface area contributed by atoms with E-state index in [-0.39, 0.29) is 5.78 Å². The largest absolute Gasteiger partial charge is 0.321 e. The lowest BCUT2D eigenvalue weighted by Crippen LogP contribution is -2.27. The van der Waals surface area contributed by atoms with Crippen LogP contribution in [0, 0.1) is 12.3 Å². The molecule has 8 heavy (non-hydrogen) atoms. The Morgan fingerprint density at radius 3 is 2.62 bits per heavy atom. The Morgan fingerprint density at radius 2 is 2.50 bits per heavy atom. The van der Waals surface area contributed by atoms with Crippen molar-refractivity contribution in [3.05, 3.63) is 0 Å². The Bertz CT molecular complexity index is 123. The first-order valence-electron chi connectivity index (χ1n) is 2.38. The van der Waals surface area contributed by atoms with E-state index < -0.39 is 6.04 Å². The van der Waals surface area contributed by atoms with Crippen molar-refractivity contribution in [2.24, 2.45) is 5.73 Å². The summed E-state index contributed by atoms with van der Waals surface area (Å²) in [6.45, 7) is 1.43. The van der Waals surface area contributed by atoms with Gasteiger partial charge in [-0.25, -0.2) is 0 Å². The first-order chi connectivity index (χ1) is 3.68. The molecule has 2 heteroatoms. The molecule has 2 nitrogen and oxygen atoms in total. The van der Waals surface area contributed by atoms with Crippen molar-refractivity contribution in [1.29, 1.82) is 0 Å². The van der Waals surface area contributed by atoms with Crippen LogP contribution in [-0.2, 0) is 4.79 Å². The second-order valence-electron chi connectivity index (χ2n) is 1.63. The van der Waals surface area contributed by atoms with E-state index in [1.54, 1.807) is 0 Å². The van der Waals surface area contributed by atoms with E-state index in [9.17, 15) is 4.79 Å². The lowest BCUT2D eigenvalue weighted by molar-refractivity contribution is -0.118. The molecule has 0 amide bonds. The molecule has 0 aromatic carbocycles. The van der Waals surface area contributed by atoms with Crippen LogP contribution in [0.25, 0.3) is 0 Å². The summed E-state index contributed by atoms with van der Waals surface area (Å²) in [5, 5.41) is 0. The molecule has 0 saturated carbocycles. The average Bonchev–Trinajstić information content (AvgIpc) is 1.67. The molecule has 1 atom stereocenters. The number of nitrogens with two attached hydrogens (primary N) is 1. The number of hydrogen-bond donors (Lipinski definition) is 1. The predicted octanol–water partition coefficient (Wildman–Crippen LogP) is -0.0740. The fraction of sp³-hybridized carbons (Fsp3) is 0.500. The van der Waals surface area contributed by atoms with Gasteiger partial charge in [0.05, 0.1) is 6.04 Å². The van der Waals surface area contributed by atoms with Crippen molar-refractivity contribution in [3.8, 4) is 12.3 Å². The minimum Gasteiger partial charge on any atom is -0.321 e. The smallest absolute Gasteiger partial charge is 0.147 e. The second kappa shape index (κ2) is 3.23. The van der Waals surface area contributed by atoms with Crippen LogP contribution in [0.5, 0.6) is 0 Å². The number of carbonyl (C=O) groups excluding carboxylic acids is 1. The van der Waals surface area contributed by atoms with Crippen molar-refractivity contribution < 1.29 is 4.79 Å². The maximum Gasteiger partial charge on any atom is 0.147 e. The van der Waals surface area contributed by atoms with E-state index in [2.05, 4.69) is 5.92 Å². The van der Waals surface area contributed by atoms with Gasteiger partial charge in [0.15, 0.2) is 0 Å². The molecule has 0 aliphatic carbocycles. The van der Waals surface area contributed by atoms with Gasteiger partial charge in [0, 0.05) is 6.42 Å². The van der Waals surface area contributed by atoms with E-state index in [1.165, 1.54) is 6.92 Å². The van der Waals surface area contributed by atoms with E-state index in [0.29, 0.717) is 6.42 Å². The van der Waals surface area contributed by atoms with Gasteiger partial charge in [-0.15, -0.1) is 12.3 Å². The maximum atomic E-state index is 10.3. The lowest BCUT2D eigenvalue weighted by Gasteiger charge is -1.98. The minimum atomic E-state index is -0.458. The standard InChI is InChI=1S/C6H9NO/c1-3-4-6(7)5(2)8/h1,6H,4,7H2,2H3/t6-/m0/s1. The van der Waals surface area contributed by atoms with Crippen LogP contribution in [0.2, 0.25) is 0 Å². The first-order valence-corrected chi connectivity index (χ1v) is 2.38. The average molecular weight is 111 g/mol. The molecule has 2 N–H and O–H groups in total. The van der Waals surface area contributed by atoms with Gasteiger partial charge in [0.2, 0.25) is 0 Å². The molecule has 0 aromatic heterocycles. The van der Waals surface area contributed by atoms with Gasteiger partial charge in [-0.1, -0.05) is 0 Å². The third-order valence-electron chi connectivity index (χ3n) is 0.860. The van der Waals surface area contributed by atoms with Crippen LogP contribution < -0.4 is 5.73 Å². The van der Waals surface area contributed by atoms with Crippen LogP contribution >= 0.6 is 0 Å². The molecule has 0 heterocycles. The number of ketones is 1. The molecular weight excluding hydrogens is 102 g/mol. The Hall–Kier alpha value is -0.810. The summed E-state index contributed by atoms with van der Waals surface area (Å²) in [5.41, 5.74) is 5.23. The number of rotatable bonds is 2. The van der Waals surface area contributed by atoms with Crippen molar-refractivity contribution >= 4 is 5.78 Å². The highest BCUT2D eigenvalue weighted by Gasteiger charge is 2.03. The highest BCUT2D eigenvalue weighted by atomic mass is 16.1. The molecule has 0 aromatic rings. The molecule has 0 spiro atoms. The van der Waals surface area contributed by atoms with Gasteiger partial charge in [-0.2, -0.15) is 0 Å². The molecule has 44 valence electrons. The molecule has 0 rings (SSSR count). The van der Waals surface area contributed by atoms with Crippen molar-refractivity contribution in [2.45, 2.75) is 19.4 Å². The minimum absolute atomic E-state index is 0.0528. The van der Waals surface area contributed by atoms with Crippen molar-refractivity contribution in [3.63, 3.8) is 0 Å². The Kier molecular flexibility index (Phi) is 2.90. The lowest BCUT2D eigenvalue weighted by atomic mass is 10.2. The predicted molar refractivity (Wildman–Crippen MR) is 32.1 cm³/mol. The van der Waals surface area contributed by atoms with Crippen LogP contribution in [-0.4, -0.2) is 11.8 Å². The van der Waals surface area contributed by atoms with Gasteiger partial charge < -0.3 is 5.73 Å². The number of terminal acetylenes is 1. The van der Waals surface area contributed by atoms with Crippen LogP contribution in [0.4, 0.5) is 0 Å². The molecule has 0 aliphatic rings. The molecule has 0 fully saturated rings. The summed E-state index contributed by atoms with van der Waals surface area (Å²) < 4.78 is 0. The Morgan fingerprint density at radius 1 is 2.00 bits per heavy atom. The normalized spacial score (nSPS) is 12.1. The monoisotopic (exact) mass is 111 g/mol. The van der Waals surface area contributed by atoms with Gasteiger partial charge in [-0.05, 0) is 6.92 Å². The van der Waals surface area contributed by atoms with Gasteiger partial charge >= 0.3 is 0 Å². The molecule has 0 aliphatic heterocycles. The fourth-order valence-corrected chi connectivity index (χ4v) is 0.271. The van der Waals surface area contributed by atoms with Gasteiger partial charge in [0.25, 0.3) is 0 Å². The summed E-state index contributed by atoms with van der Waals surface area (Å²) in [5.74, 6) is 2.25. The summed E-state index contributed by atoms with van der Waals surface area (Å²) in [6.07, 6.45) is 5.23. The molecule has 0 bridgehead atoms. The zero-order valence-corrected chi connectivity index (χ0v) is 4.85. The van der Waals surface area contributed by atoms with E-state index in [0.717, 1.165) is 0 Å². The van der Waals surface area contributed by atoms with E-state index >= 15 is 0 Å².